The number of amides is 1. The smallest absolute Gasteiger partial charge is 0.383 e. The number of hydrogen-bond donors (Lipinski definition) is 2. The van der Waals surface area contributed by atoms with Crippen LogP contribution in [0.4, 0.5) is 13.2 Å². The molecule has 0 fully saturated rings. The quantitative estimate of drug-likeness (QED) is 0.700. The molecule has 1 rings (SSSR count). The van der Waals surface area contributed by atoms with E-state index in [-0.39, 0.29) is 6.54 Å². The summed E-state index contributed by atoms with van der Waals surface area (Å²) in [4.78, 5) is 11.4. The predicted molar refractivity (Wildman–Crippen MR) is 67.1 cm³/mol. The Hall–Kier alpha value is -1.54. The summed E-state index contributed by atoms with van der Waals surface area (Å²) in [6.07, 6.45) is -2.74. The fraction of sp³-hybridized carbons (Fsp3) is 0.583. The number of nitrogens with zero attached hydrogens (tertiary/aromatic N) is 1. The molecule has 8 heteroatoms. The van der Waals surface area contributed by atoms with Crippen LogP contribution in [0.5, 0.6) is 0 Å². The van der Waals surface area contributed by atoms with Gasteiger partial charge in [0, 0.05) is 32.1 Å². The molecule has 0 saturated carbocycles. The van der Waals surface area contributed by atoms with E-state index < -0.39 is 18.6 Å². The summed E-state index contributed by atoms with van der Waals surface area (Å²) in [5.41, 5.74) is 0.822. The first-order valence-corrected chi connectivity index (χ1v) is 6.09. The monoisotopic (exact) mass is 293 g/mol. The van der Waals surface area contributed by atoms with Gasteiger partial charge in [0.25, 0.3) is 0 Å². The van der Waals surface area contributed by atoms with Crippen molar-refractivity contribution in [1.29, 1.82) is 0 Å². The van der Waals surface area contributed by atoms with E-state index in [1.807, 2.05) is 5.32 Å². The molecule has 1 amide bonds. The van der Waals surface area contributed by atoms with Gasteiger partial charge in [-0.25, -0.2) is 0 Å². The first kappa shape index (κ1) is 16.5. The van der Waals surface area contributed by atoms with Crippen molar-refractivity contribution in [2.24, 2.45) is 0 Å². The highest BCUT2D eigenvalue weighted by Gasteiger charge is 2.27. The van der Waals surface area contributed by atoms with Crippen LogP contribution >= 0.6 is 0 Å². The molecule has 0 aromatic carbocycles. The fourth-order valence-corrected chi connectivity index (χ4v) is 1.56. The highest BCUT2D eigenvalue weighted by atomic mass is 19.4. The van der Waals surface area contributed by atoms with E-state index in [9.17, 15) is 18.0 Å². The number of carbonyl (C=O) groups excluding carboxylic acids is 1. The minimum Gasteiger partial charge on any atom is -0.383 e. The maximum Gasteiger partial charge on any atom is 0.405 e. The topological polar surface area (TPSA) is 55.3 Å². The van der Waals surface area contributed by atoms with Crippen LogP contribution in [-0.4, -0.2) is 43.5 Å². The van der Waals surface area contributed by atoms with E-state index >= 15 is 0 Å². The number of hydrogen-bond acceptors (Lipinski definition) is 3. The van der Waals surface area contributed by atoms with Gasteiger partial charge < -0.3 is 19.9 Å². The zero-order chi connectivity index (χ0) is 15.0. The first-order chi connectivity index (χ1) is 9.42. The third kappa shape index (κ3) is 6.58. The minimum atomic E-state index is -4.39. The standard InChI is InChI=1S/C12H18F3N3O2/c1-20-6-4-16-7-10-3-2-5-18(10)8-11(19)17-9-12(13,14)15/h2-3,5,16H,4,6-9H2,1H3,(H,17,19). The Balaban J connectivity index is 2.40. The largest absolute Gasteiger partial charge is 0.405 e. The summed E-state index contributed by atoms with van der Waals surface area (Å²) in [6, 6.07) is 3.54. The summed E-state index contributed by atoms with van der Waals surface area (Å²) in [5, 5.41) is 4.94. The average molecular weight is 293 g/mol. The van der Waals surface area contributed by atoms with Crippen LogP contribution < -0.4 is 10.6 Å². The molecule has 0 unspecified atom stereocenters. The van der Waals surface area contributed by atoms with Crippen LogP contribution in [0.2, 0.25) is 0 Å². The third-order valence-electron chi connectivity index (χ3n) is 2.51. The SMILES string of the molecule is COCCNCc1cccn1CC(=O)NCC(F)(F)F. The molecule has 5 nitrogen and oxygen atoms in total. The second-order valence-electron chi connectivity index (χ2n) is 4.19. The van der Waals surface area contributed by atoms with Gasteiger partial charge in [0.05, 0.1) is 6.61 Å². The maximum absolute atomic E-state index is 12.0. The number of nitrogens with one attached hydrogen (secondary N) is 2. The molecule has 0 spiro atoms. The van der Waals surface area contributed by atoms with Crippen LogP contribution in [0, 0.1) is 0 Å². The predicted octanol–water partition coefficient (Wildman–Crippen LogP) is 0.903. The Kier molecular flexibility index (Phi) is 6.53. The normalized spacial score (nSPS) is 11.6. The second-order valence-corrected chi connectivity index (χ2v) is 4.19. The van der Waals surface area contributed by atoms with Crippen molar-refractivity contribution in [3.05, 3.63) is 24.0 Å². The van der Waals surface area contributed by atoms with Gasteiger partial charge >= 0.3 is 6.18 Å². The van der Waals surface area contributed by atoms with Gasteiger partial charge in [0.2, 0.25) is 5.91 Å². The van der Waals surface area contributed by atoms with Crippen molar-refractivity contribution in [1.82, 2.24) is 15.2 Å². The van der Waals surface area contributed by atoms with Crippen molar-refractivity contribution in [2.45, 2.75) is 19.3 Å². The molecule has 2 N–H and O–H groups in total. The Labute approximate surface area is 115 Å². The molecular weight excluding hydrogens is 275 g/mol. The first-order valence-electron chi connectivity index (χ1n) is 6.09. The number of carbonyl (C=O) groups is 1. The fourth-order valence-electron chi connectivity index (χ4n) is 1.56. The molecule has 0 aliphatic rings. The number of alkyl halides is 3. The van der Waals surface area contributed by atoms with Gasteiger partial charge in [-0.2, -0.15) is 13.2 Å². The lowest BCUT2D eigenvalue weighted by Crippen LogP contribution is -2.36. The zero-order valence-corrected chi connectivity index (χ0v) is 11.2. The van der Waals surface area contributed by atoms with Gasteiger partial charge in [-0.1, -0.05) is 0 Å². The molecule has 1 heterocycles. The highest BCUT2D eigenvalue weighted by molar-refractivity contribution is 5.75. The summed E-state index contributed by atoms with van der Waals surface area (Å²) >= 11 is 0. The molecule has 0 aliphatic carbocycles. The number of rotatable bonds is 8. The van der Waals surface area contributed by atoms with E-state index in [4.69, 9.17) is 4.74 Å². The van der Waals surface area contributed by atoms with Crippen molar-refractivity contribution in [3.8, 4) is 0 Å². The van der Waals surface area contributed by atoms with Gasteiger partial charge in [0.1, 0.15) is 13.1 Å². The van der Waals surface area contributed by atoms with Crippen molar-refractivity contribution >= 4 is 5.91 Å². The van der Waals surface area contributed by atoms with Crippen molar-refractivity contribution in [2.75, 3.05) is 26.8 Å². The molecule has 1 aromatic heterocycles. The van der Waals surface area contributed by atoms with E-state index in [1.165, 1.54) is 0 Å². The number of methoxy groups -OCH3 is 1. The average Bonchev–Trinajstić information content (AvgIpc) is 2.79. The van der Waals surface area contributed by atoms with Crippen LogP contribution in [-0.2, 0) is 22.6 Å². The summed E-state index contributed by atoms with van der Waals surface area (Å²) in [5.74, 6) is -0.670. The molecule has 0 aliphatic heterocycles. The number of aromatic nitrogens is 1. The van der Waals surface area contributed by atoms with Crippen LogP contribution in [0.25, 0.3) is 0 Å². The zero-order valence-electron chi connectivity index (χ0n) is 11.2. The van der Waals surface area contributed by atoms with Crippen LogP contribution in [0.15, 0.2) is 18.3 Å². The molecule has 20 heavy (non-hydrogen) atoms. The number of ether oxygens (including phenoxy) is 1. The van der Waals surface area contributed by atoms with Gasteiger partial charge in [-0.05, 0) is 12.1 Å². The van der Waals surface area contributed by atoms with E-state index in [0.29, 0.717) is 19.7 Å². The molecule has 0 atom stereocenters. The van der Waals surface area contributed by atoms with E-state index in [1.54, 1.807) is 30.0 Å². The van der Waals surface area contributed by atoms with Crippen LogP contribution in [0.3, 0.4) is 0 Å². The van der Waals surface area contributed by atoms with Gasteiger partial charge in [-0.15, -0.1) is 0 Å². The Morgan fingerprint density at radius 2 is 2.20 bits per heavy atom. The Morgan fingerprint density at radius 3 is 2.85 bits per heavy atom. The minimum absolute atomic E-state index is 0.135. The third-order valence-corrected chi connectivity index (χ3v) is 2.51. The van der Waals surface area contributed by atoms with Crippen molar-refractivity contribution < 1.29 is 22.7 Å². The van der Waals surface area contributed by atoms with Crippen LogP contribution in [0.1, 0.15) is 5.69 Å². The lowest BCUT2D eigenvalue weighted by molar-refractivity contribution is -0.138. The molecule has 0 radical (unpaired) electrons. The highest BCUT2D eigenvalue weighted by Crippen LogP contribution is 2.12. The lowest BCUT2D eigenvalue weighted by atomic mass is 10.4. The maximum atomic E-state index is 12.0. The molecule has 1 aromatic rings. The molecule has 0 saturated heterocycles. The van der Waals surface area contributed by atoms with Crippen molar-refractivity contribution in [3.63, 3.8) is 0 Å². The molecule has 0 bridgehead atoms. The Morgan fingerprint density at radius 1 is 1.45 bits per heavy atom. The second kappa shape index (κ2) is 7.91. The summed E-state index contributed by atoms with van der Waals surface area (Å²) < 4.78 is 42.4. The summed E-state index contributed by atoms with van der Waals surface area (Å²) in [7, 11) is 1.59. The van der Waals surface area contributed by atoms with Gasteiger partial charge in [-0.3, -0.25) is 4.79 Å². The van der Waals surface area contributed by atoms with E-state index in [0.717, 1.165) is 5.69 Å². The summed E-state index contributed by atoms with van der Waals surface area (Å²) in [6.45, 7) is 0.288. The molecule has 114 valence electrons. The lowest BCUT2D eigenvalue weighted by Gasteiger charge is -2.11. The molecular formula is C12H18F3N3O2. The number of halogens is 3. The van der Waals surface area contributed by atoms with E-state index in [2.05, 4.69) is 5.32 Å². The van der Waals surface area contributed by atoms with Gasteiger partial charge in [0.15, 0.2) is 0 Å². The Bertz CT molecular complexity index is 418.